The average Bonchev–Trinajstić information content (AvgIpc) is 2.74. The Balaban J connectivity index is 2.97. The molecule has 0 saturated carbocycles. The maximum Gasteiger partial charge on any atom is 0.113 e. The summed E-state index contributed by atoms with van der Waals surface area (Å²) in [6.07, 6.45) is 0. The number of hydrogen-bond donors (Lipinski definition) is 1. The molecule has 0 amide bonds. The minimum Gasteiger partial charge on any atom is -0.378 e. The Morgan fingerprint density at radius 3 is 0.897 bits per heavy atom. The first-order valence-electron chi connectivity index (χ1n) is 10.2. The van der Waals surface area contributed by atoms with E-state index in [1.807, 2.05) is 7.05 Å². The first kappa shape index (κ1) is 28.6. The second kappa shape index (κ2) is 27.6. The molecule has 29 heavy (non-hydrogen) atoms. The molecule has 0 saturated heterocycles. The number of hydrogen-bond acceptors (Lipinski definition) is 9. The van der Waals surface area contributed by atoms with Crippen molar-refractivity contribution >= 4 is 0 Å². The first-order chi connectivity index (χ1) is 14.4. The second-order valence-corrected chi connectivity index (χ2v) is 5.69. The number of rotatable bonds is 26. The van der Waals surface area contributed by atoms with Crippen LogP contribution in [0.3, 0.4) is 0 Å². The van der Waals surface area contributed by atoms with Gasteiger partial charge in [0, 0.05) is 6.54 Å². The molecule has 1 N–H and O–H groups in total. The lowest BCUT2D eigenvalue weighted by Crippen LogP contribution is -2.17. The quantitative estimate of drug-likeness (QED) is 0.195. The van der Waals surface area contributed by atoms with Gasteiger partial charge < -0.3 is 43.2 Å². The van der Waals surface area contributed by atoms with Crippen LogP contribution in [0.25, 0.3) is 0 Å². The van der Waals surface area contributed by atoms with Crippen LogP contribution in [0.2, 0.25) is 0 Å². The summed E-state index contributed by atoms with van der Waals surface area (Å²) in [5.41, 5.74) is 0. The molecule has 0 aliphatic rings. The monoisotopic (exact) mass is 429 g/mol. The van der Waals surface area contributed by atoms with Crippen LogP contribution in [0.15, 0.2) is 0 Å². The van der Waals surface area contributed by atoms with Gasteiger partial charge in [-0.3, -0.25) is 0 Å². The van der Waals surface area contributed by atoms with Crippen molar-refractivity contribution < 1.29 is 42.3 Å². The van der Waals surface area contributed by atoms with Crippen LogP contribution >= 0.6 is 0 Å². The van der Waals surface area contributed by atoms with Crippen LogP contribution in [0.5, 0.6) is 0 Å². The van der Waals surface area contributed by atoms with E-state index in [-0.39, 0.29) is 6.61 Å². The van der Waals surface area contributed by atoms with E-state index in [4.69, 9.17) is 37.9 Å². The third-order valence-electron chi connectivity index (χ3n) is 3.32. The van der Waals surface area contributed by atoms with E-state index in [9.17, 15) is 4.39 Å². The Kier molecular flexibility index (Phi) is 27.2. The van der Waals surface area contributed by atoms with Crippen molar-refractivity contribution in [1.29, 1.82) is 0 Å². The van der Waals surface area contributed by atoms with Gasteiger partial charge in [0.25, 0.3) is 0 Å². The molecule has 0 atom stereocenters. The van der Waals surface area contributed by atoms with E-state index in [2.05, 4.69) is 5.32 Å². The Labute approximate surface area is 174 Å². The van der Waals surface area contributed by atoms with Crippen LogP contribution in [0.4, 0.5) is 4.39 Å². The predicted octanol–water partition coefficient (Wildman–Crippen LogP) is 0.308. The minimum absolute atomic E-state index is 0.122. The van der Waals surface area contributed by atoms with Crippen LogP contribution in [-0.2, 0) is 37.9 Å². The van der Waals surface area contributed by atoms with Crippen molar-refractivity contribution in [2.45, 2.75) is 0 Å². The Bertz CT molecular complexity index is 267. The number of ether oxygens (including phenoxy) is 8. The molecule has 0 bridgehead atoms. The molecule has 0 aliphatic heterocycles. The largest absolute Gasteiger partial charge is 0.378 e. The smallest absolute Gasteiger partial charge is 0.113 e. The number of likely N-dealkylation sites (N-methyl/N-ethyl adjacent to an activating group) is 1. The van der Waals surface area contributed by atoms with Gasteiger partial charge in [0.05, 0.1) is 106 Å². The highest BCUT2D eigenvalue weighted by molar-refractivity contribution is 4.38. The zero-order valence-electron chi connectivity index (χ0n) is 17.9. The van der Waals surface area contributed by atoms with Crippen LogP contribution in [0.1, 0.15) is 0 Å². The van der Waals surface area contributed by atoms with Gasteiger partial charge >= 0.3 is 0 Å². The molecule has 0 rings (SSSR count). The Morgan fingerprint density at radius 2 is 0.655 bits per heavy atom. The fraction of sp³-hybridized carbons (Fsp3) is 1.00. The van der Waals surface area contributed by atoms with Crippen molar-refractivity contribution in [3.05, 3.63) is 0 Å². The summed E-state index contributed by atoms with van der Waals surface area (Å²) in [5, 5.41) is 3.01. The molecule has 176 valence electrons. The van der Waals surface area contributed by atoms with E-state index in [0.717, 1.165) is 6.54 Å². The third-order valence-corrected chi connectivity index (χ3v) is 3.32. The SMILES string of the molecule is CNCCOCCOCCOCCOCCOCCOCCOCCOCCF. The molecule has 0 aromatic heterocycles. The fourth-order valence-corrected chi connectivity index (χ4v) is 1.87. The number of alkyl halides is 1. The maximum absolute atomic E-state index is 11.8. The summed E-state index contributed by atoms with van der Waals surface area (Å²) in [5.74, 6) is 0. The van der Waals surface area contributed by atoms with Gasteiger partial charge in [0.1, 0.15) is 6.67 Å². The topological polar surface area (TPSA) is 85.9 Å². The zero-order valence-corrected chi connectivity index (χ0v) is 17.9. The highest BCUT2D eigenvalue weighted by Crippen LogP contribution is 1.85. The highest BCUT2D eigenvalue weighted by atomic mass is 19.1. The predicted molar refractivity (Wildman–Crippen MR) is 106 cm³/mol. The van der Waals surface area contributed by atoms with E-state index < -0.39 is 6.67 Å². The molecule has 0 aromatic rings. The van der Waals surface area contributed by atoms with Crippen molar-refractivity contribution in [2.24, 2.45) is 0 Å². The van der Waals surface area contributed by atoms with Crippen LogP contribution in [0, 0.1) is 0 Å². The van der Waals surface area contributed by atoms with Crippen molar-refractivity contribution in [1.82, 2.24) is 5.32 Å². The van der Waals surface area contributed by atoms with Gasteiger partial charge in [0.15, 0.2) is 0 Å². The molecule has 0 aliphatic carbocycles. The molecule has 0 heterocycles. The van der Waals surface area contributed by atoms with Crippen molar-refractivity contribution in [2.75, 3.05) is 126 Å². The number of halogens is 1. The summed E-state index contributed by atoms with van der Waals surface area (Å²) in [7, 11) is 1.89. The number of nitrogens with one attached hydrogen (secondary N) is 1. The zero-order chi connectivity index (χ0) is 21.1. The minimum atomic E-state index is -0.466. The normalized spacial score (nSPS) is 11.4. The summed E-state index contributed by atoms with van der Waals surface area (Å²) in [4.78, 5) is 0. The van der Waals surface area contributed by atoms with E-state index in [0.29, 0.717) is 99.1 Å². The molecular formula is C19H40FNO8. The summed E-state index contributed by atoms with van der Waals surface area (Å²) < 4.78 is 54.2. The lowest BCUT2D eigenvalue weighted by atomic mass is 10.6. The molecular weight excluding hydrogens is 389 g/mol. The van der Waals surface area contributed by atoms with Crippen LogP contribution in [-0.4, -0.2) is 126 Å². The van der Waals surface area contributed by atoms with Gasteiger partial charge in [0.2, 0.25) is 0 Å². The fourth-order valence-electron chi connectivity index (χ4n) is 1.87. The summed E-state index contributed by atoms with van der Waals surface area (Å²) in [6, 6.07) is 0. The maximum atomic E-state index is 11.8. The molecule has 0 fully saturated rings. The molecule has 9 nitrogen and oxygen atoms in total. The molecule has 0 spiro atoms. The van der Waals surface area contributed by atoms with Crippen LogP contribution < -0.4 is 5.32 Å². The Morgan fingerprint density at radius 1 is 0.414 bits per heavy atom. The van der Waals surface area contributed by atoms with E-state index >= 15 is 0 Å². The third kappa shape index (κ3) is 27.6. The highest BCUT2D eigenvalue weighted by Gasteiger charge is 1.95. The van der Waals surface area contributed by atoms with Crippen molar-refractivity contribution in [3.63, 3.8) is 0 Å². The van der Waals surface area contributed by atoms with Gasteiger partial charge in [-0.05, 0) is 7.05 Å². The van der Waals surface area contributed by atoms with Gasteiger partial charge in [-0.25, -0.2) is 4.39 Å². The summed E-state index contributed by atoms with van der Waals surface area (Å²) >= 11 is 0. The molecule has 10 heteroatoms. The lowest BCUT2D eigenvalue weighted by Gasteiger charge is -2.08. The molecule has 0 unspecified atom stereocenters. The standard InChI is InChI=1S/C19H40FNO8/c1-21-3-5-23-7-9-25-11-13-27-15-17-29-19-18-28-16-14-26-12-10-24-8-6-22-4-2-20/h21H,2-19H2,1H3. The first-order valence-corrected chi connectivity index (χ1v) is 10.2. The second-order valence-electron chi connectivity index (χ2n) is 5.69. The molecule has 0 aromatic carbocycles. The van der Waals surface area contributed by atoms with E-state index in [1.54, 1.807) is 0 Å². The van der Waals surface area contributed by atoms with Gasteiger partial charge in [-0.15, -0.1) is 0 Å². The van der Waals surface area contributed by atoms with Gasteiger partial charge in [-0.2, -0.15) is 0 Å². The lowest BCUT2D eigenvalue weighted by molar-refractivity contribution is -0.0232. The average molecular weight is 430 g/mol. The Hall–Kier alpha value is -0.430. The van der Waals surface area contributed by atoms with Crippen molar-refractivity contribution in [3.8, 4) is 0 Å². The summed E-state index contributed by atoms with van der Waals surface area (Å²) in [6.45, 7) is 8.40. The van der Waals surface area contributed by atoms with Gasteiger partial charge in [-0.1, -0.05) is 0 Å². The van der Waals surface area contributed by atoms with E-state index in [1.165, 1.54) is 0 Å². The molecule has 0 radical (unpaired) electrons.